The molecule has 0 bridgehead atoms. The van der Waals surface area contributed by atoms with Crippen LogP contribution in [0.3, 0.4) is 0 Å². The molecule has 2 aliphatic heterocycles. The van der Waals surface area contributed by atoms with Crippen LogP contribution in [-0.4, -0.2) is 106 Å². The SMILES string of the molecule is CCCCC1(CCCC)c2cc(-c3cnc([C@@H]4C[C@H](COC)CN4C(=O)[C@@H](NC(=O)O)C(C)C)[nH]3)ccc2-c2ccc(N(C(=O)O)[C@H]3CCCN3C(=O)[C@H](NC(=O)OC)c3ccccc3)cc21. The normalized spacial score (nSPS) is 19.1. The molecule has 5 N–H and O–H groups in total. The Hall–Kier alpha value is -6.42. The number of alkyl carbamates (subject to hydrolysis) is 1. The first-order chi connectivity index (χ1) is 32.3. The number of imidazole rings is 1. The number of methoxy groups -OCH3 is 2. The second kappa shape index (κ2) is 21.0. The molecule has 16 heteroatoms. The summed E-state index contributed by atoms with van der Waals surface area (Å²) in [7, 11) is 2.86. The number of rotatable bonds is 18. The number of amides is 5. The van der Waals surface area contributed by atoms with Crippen molar-refractivity contribution in [3.8, 4) is 22.4 Å². The number of H-pyrrole nitrogens is 1. The third kappa shape index (κ3) is 9.85. The van der Waals surface area contributed by atoms with Gasteiger partial charge in [0.15, 0.2) is 0 Å². The van der Waals surface area contributed by atoms with Crippen LogP contribution in [0, 0.1) is 11.8 Å². The third-order valence-electron chi connectivity index (χ3n) is 13.9. The summed E-state index contributed by atoms with van der Waals surface area (Å²) in [6, 6.07) is 18.8. The molecule has 2 saturated heterocycles. The molecule has 4 aromatic rings. The number of carboxylic acid groups (broad SMARTS) is 2. The number of aromatic nitrogens is 2. The van der Waals surface area contributed by atoms with Crippen LogP contribution >= 0.6 is 0 Å². The Labute approximate surface area is 392 Å². The van der Waals surface area contributed by atoms with Crippen molar-refractivity contribution < 1.29 is 43.7 Å². The number of hydrogen-bond donors (Lipinski definition) is 5. The summed E-state index contributed by atoms with van der Waals surface area (Å²) in [6.45, 7) is 9.15. The first-order valence-electron chi connectivity index (χ1n) is 23.6. The fourth-order valence-electron chi connectivity index (χ4n) is 10.6. The monoisotopic (exact) mass is 919 g/mol. The number of anilines is 1. The van der Waals surface area contributed by atoms with Gasteiger partial charge in [-0.2, -0.15) is 0 Å². The number of carbonyl (C=O) groups is 5. The average molecular weight is 920 g/mol. The van der Waals surface area contributed by atoms with Gasteiger partial charge in [0.25, 0.3) is 5.91 Å². The molecule has 0 radical (unpaired) electrons. The summed E-state index contributed by atoms with van der Waals surface area (Å²) >= 11 is 0. The van der Waals surface area contributed by atoms with Crippen molar-refractivity contribution in [2.45, 2.75) is 115 Å². The van der Waals surface area contributed by atoms with E-state index in [1.54, 1.807) is 47.4 Å². The highest BCUT2D eigenvalue weighted by Gasteiger charge is 2.46. The molecular formula is C51H65N7O9. The van der Waals surface area contributed by atoms with E-state index in [0.717, 1.165) is 72.0 Å². The Morgan fingerprint density at radius 3 is 2.21 bits per heavy atom. The van der Waals surface area contributed by atoms with Crippen LogP contribution in [0.5, 0.6) is 0 Å². The summed E-state index contributed by atoms with van der Waals surface area (Å²) in [5, 5.41) is 25.7. The maximum Gasteiger partial charge on any atom is 0.413 e. The topological polar surface area (TPSA) is 207 Å². The predicted octanol–water partition coefficient (Wildman–Crippen LogP) is 9.08. The molecule has 16 nitrogen and oxygen atoms in total. The molecule has 67 heavy (non-hydrogen) atoms. The van der Waals surface area contributed by atoms with Crippen molar-refractivity contribution >= 4 is 35.8 Å². The molecule has 3 aromatic carbocycles. The zero-order chi connectivity index (χ0) is 48.0. The number of nitrogens with zero attached hydrogens (tertiary/aromatic N) is 4. The largest absolute Gasteiger partial charge is 0.465 e. The van der Waals surface area contributed by atoms with Crippen molar-refractivity contribution in [2.75, 3.05) is 38.8 Å². The average Bonchev–Trinajstić information content (AvgIpc) is 4.14. The Kier molecular flexibility index (Phi) is 15.2. The highest BCUT2D eigenvalue weighted by molar-refractivity contribution is 5.93. The number of carbonyl (C=O) groups excluding carboxylic acids is 3. The van der Waals surface area contributed by atoms with E-state index in [2.05, 4.69) is 47.7 Å². The van der Waals surface area contributed by atoms with Gasteiger partial charge in [-0.25, -0.2) is 19.4 Å². The first kappa shape index (κ1) is 48.5. The number of aromatic amines is 1. The Balaban J connectivity index is 1.25. The van der Waals surface area contributed by atoms with Crippen molar-refractivity contribution in [2.24, 2.45) is 11.8 Å². The number of nitrogens with one attached hydrogen (secondary N) is 3. The molecule has 3 heterocycles. The van der Waals surface area contributed by atoms with Gasteiger partial charge in [0.05, 0.1) is 31.6 Å². The summed E-state index contributed by atoms with van der Waals surface area (Å²) in [6.07, 6.45) is 4.84. The smallest absolute Gasteiger partial charge is 0.413 e. The van der Waals surface area contributed by atoms with Crippen LogP contribution in [0.2, 0.25) is 0 Å². The summed E-state index contributed by atoms with van der Waals surface area (Å²) in [5.74, 6) is -0.346. The fourth-order valence-corrected chi connectivity index (χ4v) is 10.6. The van der Waals surface area contributed by atoms with E-state index >= 15 is 0 Å². The molecule has 0 unspecified atom stereocenters. The summed E-state index contributed by atoms with van der Waals surface area (Å²) in [4.78, 5) is 79.1. The zero-order valence-electron chi connectivity index (χ0n) is 39.4. The van der Waals surface area contributed by atoms with E-state index < -0.39 is 53.9 Å². The predicted molar refractivity (Wildman–Crippen MR) is 253 cm³/mol. The number of unbranched alkanes of at least 4 members (excludes halogenated alkanes) is 2. The quantitative estimate of drug-likeness (QED) is 0.0640. The fraction of sp³-hybridized carbons (Fsp3) is 0.490. The van der Waals surface area contributed by atoms with Gasteiger partial charge in [-0.05, 0) is 89.6 Å². The van der Waals surface area contributed by atoms with Gasteiger partial charge >= 0.3 is 18.3 Å². The van der Waals surface area contributed by atoms with Crippen LogP contribution in [0.25, 0.3) is 22.4 Å². The molecule has 1 aliphatic carbocycles. The number of ether oxygens (including phenoxy) is 2. The lowest BCUT2D eigenvalue weighted by Gasteiger charge is -2.37. The number of likely N-dealkylation sites (tertiary alicyclic amines) is 2. The van der Waals surface area contributed by atoms with E-state index in [-0.39, 0.29) is 17.7 Å². The van der Waals surface area contributed by atoms with Gasteiger partial charge in [-0.3, -0.25) is 14.5 Å². The van der Waals surface area contributed by atoms with Crippen molar-refractivity contribution in [1.82, 2.24) is 30.4 Å². The number of fused-ring (bicyclic) bond motifs is 3. The molecule has 358 valence electrons. The molecule has 0 saturated carbocycles. The zero-order valence-corrected chi connectivity index (χ0v) is 39.4. The molecule has 7 rings (SSSR count). The van der Waals surface area contributed by atoms with Gasteiger partial charge in [0, 0.05) is 37.2 Å². The maximum absolute atomic E-state index is 14.4. The molecule has 3 aliphatic rings. The van der Waals surface area contributed by atoms with Gasteiger partial charge in [-0.1, -0.05) is 102 Å². The molecule has 0 spiro atoms. The van der Waals surface area contributed by atoms with Crippen LogP contribution in [-0.2, 0) is 24.5 Å². The summed E-state index contributed by atoms with van der Waals surface area (Å²) in [5.41, 5.74) is 6.60. The van der Waals surface area contributed by atoms with Gasteiger partial charge in [0.2, 0.25) is 5.91 Å². The second-order valence-corrected chi connectivity index (χ2v) is 18.5. The van der Waals surface area contributed by atoms with Crippen LogP contribution in [0.4, 0.5) is 20.1 Å². The van der Waals surface area contributed by atoms with Crippen LogP contribution in [0.15, 0.2) is 72.9 Å². The van der Waals surface area contributed by atoms with E-state index in [4.69, 9.17) is 14.5 Å². The molecule has 5 amide bonds. The second-order valence-electron chi connectivity index (χ2n) is 18.5. The maximum atomic E-state index is 14.4. The lowest BCUT2D eigenvalue weighted by atomic mass is 9.70. The lowest BCUT2D eigenvalue weighted by molar-refractivity contribution is -0.136. The van der Waals surface area contributed by atoms with E-state index in [9.17, 15) is 34.2 Å². The minimum atomic E-state index is -1.25. The molecule has 5 atom stereocenters. The molecular weight excluding hydrogens is 855 g/mol. The molecule has 1 aromatic heterocycles. The minimum absolute atomic E-state index is 0.0374. The molecule has 2 fully saturated rings. The van der Waals surface area contributed by atoms with Crippen molar-refractivity contribution in [3.05, 3.63) is 95.4 Å². The van der Waals surface area contributed by atoms with Gasteiger partial charge in [-0.15, -0.1) is 0 Å². The lowest BCUT2D eigenvalue weighted by Crippen LogP contribution is -2.53. The van der Waals surface area contributed by atoms with Gasteiger partial charge < -0.3 is 45.1 Å². The third-order valence-corrected chi connectivity index (χ3v) is 13.9. The number of hydrogen-bond acceptors (Lipinski definition) is 8. The van der Waals surface area contributed by atoms with Crippen LogP contribution in [0.1, 0.15) is 120 Å². The minimum Gasteiger partial charge on any atom is -0.465 e. The van der Waals surface area contributed by atoms with Crippen molar-refractivity contribution in [1.29, 1.82) is 0 Å². The van der Waals surface area contributed by atoms with Gasteiger partial charge in [0.1, 0.15) is 24.1 Å². The van der Waals surface area contributed by atoms with Crippen LogP contribution < -0.4 is 15.5 Å². The standard InChI is InChI=1S/C51H65N7O9/c1-7-9-22-51(23-10-8-2)38-26-34(40-28-52-45(53-40)41-25-32(30-66-5)29-57(41)46(59)43(31(3)4)54-48(61)62)18-20-36(38)37-21-19-35(27-39(37)51)58(50(64)65)42-17-14-24-56(42)47(60)44(55-49(63)67-6)33-15-12-11-13-16-33/h11-13,15-16,18-21,26-28,31-32,41-44,54H,7-10,14,17,22-25,29-30H2,1-6H3,(H,52,53)(H,55,63)(H,61,62)(H,64,65)/t32-,41-,42-,43-,44+/m0/s1. The van der Waals surface area contributed by atoms with E-state index in [1.807, 2.05) is 38.1 Å². The Bertz CT molecular complexity index is 2410. The van der Waals surface area contributed by atoms with E-state index in [1.165, 1.54) is 12.0 Å². The highest BCUT2D eigenvalue weighted by atomic mass is 16.5. The van der Waals surface area contributed by atoms with E-state index in [0.29, 0.717) is 56.0 Å². The summed E-state index contributed by atoms with van der Waals surface area (Å²) < 4.78 is 10.4. The Morgan fingerprint density at radius 2 is 1.58 bits per heavy atom. The number of benzene rings is 3. The Morgan fingerprint density at radius 1 is 0.896 bits per heavy atom. The first-order valence-corrected chi connectivity index (χ1v) is 23.6. The van der Waals surface area contributed by atoms with Crippen molar-refractivity contribution in [3.63, 3.8) is 0 Å². The highest BCUT2D eigenvalue weighted by Crippen LogP contribution is 2.56.